The van der Waals surface area contributed by atoms with Crippen LogP contribution in [-0.4, -0.2) is 17.6 Å². The summed E-state index contributed by atoms with van der Waals surface area (Å²) in [5.74, 6) is 0.110. The number of ether oxygens (including phenoxy) is 1. The van der Waals surface area contributed by atoms with Gasteiger partial charge in [-0.25, -0.2) is 14.8 Å². The van der Waals surface area contributed by atoms with E-state index >= 15 is 0 Å². The molecular formula is C18H22N2O2S. The monoisotopic (exact) mass is 330 g/mol. The van der Waals surface area contributed by atoms with Crippen LogP contribution in [0.1, 0.15) is 53.3 Å². The summed E-state index contributed by atoms with van der Waals surface area (Å²) in [6.07, 6.45) is 0. The molecule has 0 saturated carbocycles. The second kappa shape index (κ2) is 7.51. The molecule has 2 aromatic rings. The van der Waals surface area contributed by atoms with Crippen molar-refractivity contribution in [3.8, 4) is 0 Å². The quantitative estimate of drug-likeness (QED) is 0.786. The molecule has 0 aliphatic rings. The van der Waals surface area contributed by atoms with E-state index in [1.165, 1.54) is 16.9 Å². The summed E-state index contributed by atoms with van der Waals surface area (Å²) in [6, 6.07) is 8.09. The number of carbonyl (C=O) groups is 1. The first kappa shape index (κ1) is 17.3. The van der Waals surface area contributed by atoms with E-state index < -0.39 is 0 Å². The summed E-state index contributed by atoms with van der Waals surface area (Å²) in [6.45, 7) is 10.2. The van der Waals surface area contributed by atoms with Gasteiger partial charge in [-0.05, 0) is 44.4 Å². The van der Waals surface area contributed by atoms with Gasteiger partial charge in [0.15, 0.2) is 0 Å². The Labute approximate surface area is 140 Å². The number of carbonyl (C=O) groups excluding carboxylic acids is 1. The zero-order valence-corrected chi connectivity index (χ0v) is 15.0. The Morgan fingerprint density at radius 2 is 1.91 bits per heavy atom. The molecule has 122 valence electrons. The van der Waals surface area contributed by atoms with Gasteiger partial charge in [0.25, 0.3) is 0 Å². The van der Waals surface area contributed by atoms with Gasteiger partial charge in [-0.2, -0.15) is 0 Å². The molecular weight excluding hydrogens is 308 g/mol. The number of esters is 1. The Balaban J connectivity index is 2.54. The van der Waals surface area contributed by atoms with Crippen molar-refractivity contribution in [3.05, 3.63) is 50.8 Å². The summed E-state index contributed by atoms with van der Waals surface area (Å²) < 4.78 is 5.79. The van der Waals surface area contributed by atoms with E-state index in [4.69, 9.17) is 4.74 Å². The van der Waals surface area contributed by atoms with Crippen LogP contribution in [0, 0.1) is 13.8 Å². The van der Waals surface area contributed by atoms with Crippen LogP contribution in [0.3, 0.4) is 0 Å². The summed E-state index contributed by atoms with van der Waals surface area (Å²) >= 11 is 1.40. The van der Waals surface area contributed by atoms with Gasteiger partial charge < -0.3 is 4.74 Å². The highest BCUT2D eigenvalue weighted by molar-refractivity contribution is 7.09. The van der Waals surface area contributed by atoms with Crippen LogP contribution in [-0.2, 0) is 4.74 Å². The zero-order valence-electron chi connectivity index (χ0n) is 14.2. The van der Waals surface area contributed by atoms with E-state index in [9.17, 15) is 4.79 Å². The van der Waals surface area contributed by atoms with Crippen molar-refractivity contribution in [1.82, 2.24) is 4.98 Å². The molecule has 1 heterocycles. The molecule has 0 aliphatic carbocycles. The molecule has 0 bridgehead atoms. The first-order valence-electron chi connectivity index (χ1n) is 7.72. The van der Waals surface area contributed by atoms with Crippen molar-refractivity contribution in [2.24, 2.45) is 4.99 Å². The summed E-state index contributed by atoms with van der Waals surface area (Å²) in [5, 5.41) is 0.869. The highest BCUT2D eigenvalue weighted by Gasteiger charge is 2.15. The topological polar surface area (TPSA) is 51.5 Å². The predicted octanol–water partition coefficient (Wildman–Crippen LogP) is 4.29. The van der Waals surface area contributed by atoms with E-state index in [-0.39, 0.29) is 5.97 Å². The summed E-state index contributed by atoms with van der Waals surface area (Å²) in [7, 11) is 0. The van der Waals surface area contributed by atoms with Gasteiger partial charge in [-0.15, -0.1) is 11.3 Å². The molecule has 0 unspecified atom stereocenters. The standard InChI is InChI=1S/C18H22N2O2S/c1-6-22-18(21)16-12(4)19-13(5)23-17(16)20-15-9-7-14(8-10-15)11(2)3/h7-11H,6H2,1-5H3. The van der Waals surface area contributed by atoms with E-state index in [1.54, 1.807) is 6.92 Å². The van der Waals surface area contributed by atoms with Crippen LogP contribution in [0.25, 0.3) is 0 Å². The minimum absolute atomic E-state index is 0.333. The van der Waals surface area contributed by atoms with Crippen LogP contribution in [0.2, 0.25) is 0 Å². The SMILES string of the molecule is CCOC(=O)c1c(C)nc(C)sc1=Nc1ccc(C(C)C)cc1. The van der Waals surface area contributed by atoms with Crippen molar-refractivity contribution in [3.63, 3.8) is 0 Å². The number of nitrogens with zero attached hydrogens (tertiary/aromatic N) is 2. The average molecular weight is 330 g/mol. The third kappa shape index (κ3) is 4.26. The van der Waals surface area contributed by atoms with Crippen LogP contribution in [0.5, 0.6) is 0 Å². The Bertz CT molecular complexity index is 762. The smallest absolute Gasteiger partial charge is 0.343 e. The lowest BCUT2D eigenvalue weighted by Crippen LogP contribution is -2.19. The van der Waals surface area contributed by atoms with Crippen LogP contribution >= 0.6 is 11.3 Å². The molecule has 0 amide bonds. The summed E-state index contributed by atoms with van der Waals surface area (Å²) in [5.41, 5.74) is 3.19. The number of rotatable bonds is 4. The van der Waals surface area contributed by atoms with Gasteiger partial charge in [0.2, 0.25) is 0 Å². The lowest BCUT2D eigenvalue weighted by atomic mass is 10.0. The molecule has 0 spiro atoms. The van der Waals surface area contributed by atoms with Gasteiger partial charge in [0, 0.05) is 0 Å². The van der Waals surface area contributed by atoms with E-state index in [0.717, 1.165) is 10.7 Å². The molecule has 1 aromatic carbocycles. The van der Waals surface area contributed by atoms with Gasteiger partial charge in [-0.3, -0.25) is 0 Å². The van der Waals surface area contributed by atoms with Crippen molar-refractivity contribution >= 4 is 23.0 Å². The number of hydrogen-bond donors (Lipinski definition) is 0. The van der Waals surface area contributed by atoms with Crippen LogP contribution < -0.4 is 4.67 Å². The molecule has 0 saturated heterocycles. The lowest BCUT2D eigenvalue weighted by molar-refractivity contribution is 0.0523. The van der Waals surface area contributed by atoms with Gasteiger partial charge in [0.05, 0.1) is 23.0 Å². The highest BCUT2D eigenvalue weighted by Crippen LogP contribution is 2.19. The second-order valence-electron chi connectivity index (χ2n) is 5.58. The largest absolute Gasteiger partial charge is 0.462 e. The molecule has 0 radical (unpaired) electrons. The third-order valence-corrected chi connectivity index (χ3v) is 4.29. The van der Waals surface area contributed by atoms with Crippen molar-refractivity contribution < 1.29 is 9.53 Å². The van der Waals surface area contributed by atoms with Gasteiger partial charge >= 0.3 is 5.97 Å². The first-order valence-corrected chi connectivity index (χ1v) is 8.54. The van der Waals surface area contributed by atoms with Crippen molar-refractivity contribution in [1.29, 1.82) is 0 Å². The fraction of sp³-hybridized carbons (Fsp3) is 0.389. The maximum Gasteiger partial charge on any atom is 0.343 e. The molecule has 4 nitrogen and oxygen atoms in total. The van der Waals surface area contributed by atoms with Gasteiger partial charge in [-0.1, -0.05) is 26.0 Å². The minimum atomic E-state index is -0.369. The van der Waals surface area contributed by atoms with Crippen molar-refractivity contribution in [2.45, 2.75) is 40.5 Å². The van der Waals surface area contributed by atoms with Crippen LogP contribution in [0.15, 0.2) is 29.3 Å². The number of hydrogen-bond acceptors (Lipinski definition) is 5. The third-order valence-electron chi connectivity index (χ3n) is 3.42. The Morgan fingerprint density at radius 1 is 1.26 bits per heavy atom. The normalized spacial score (nSPS) is 11.8. The molecule has 5 heteroatoms. The fourth-order valence-electron chi connectivity index (χ4n) is 2.23. The van der Waals surface area contributed by atoms with E-state index in [1.807, 2.05) is 26.0 Å². The average Bonchev–Trinajstić information content (AvgIpc) is 2.47. The molecule has 0 fully saturated rings. The molecule has 0 N–H and O–H groups in total. The second-order valence-corrected chi connectivity index (χ2v) is 6.76. The fourth-order valence-corrected chi connectivity index (χ4v) is 3.18. The predicted molar refractivity (Wildman–Crippen MR) is 93.3 cm³/mol. The van der Waals surface area contributed by atoms with Crippen LogP contribution in [0.4, 0.5) is 5.69 Å². The first-order chi connectivity index (χ1) is 10.9. The Hall–Kier alpha value is -2.01. The lowest BCUT2D eigenvalue weighted by Gasteiger charge is -2.07. The van der Waals surface area contributed by atoms with Gasteiger partial charge in [0.1, 0.15) is 10.2 Å². The highest BCUT2D eigenvalue weighted by atomic mass is 32.1. The minimum Gasteiger partial charge on any atom is -0.462 e. The number of aromatic nitrogens is 1. The zero-order chi connectivity index (χ0) is 17.0. The van der Waals surface area contributed by atoms with E-state index in [2.05, 4.69) is 36.0 Å². The molecule has 2 rings (SSSR count). The number of benzene rings is 1. The molecule has 1 aromatic heterocycles. The Kier molecular flexibility index (Phi) is 5.66. The van der Waals surface area contributed by atoms with Crippen molar-refractivity contribution in [2.75, 3.05) is 6.61 Å². The molecule has 23 heavy (non-hydrogen) atoms. The van der Waals surface area contributed by atoms with E-state index in [0.29, 0.717) is 28.5 Å². The Morgan fingerprint density at radius 3 is 2.48 bits per heavy atom. The molecule has 0 aliphatic heterocycles. The summed E-state index contributed by atoms with van der Waals surface area (Å²) in [4.78, 5) is 21.2. The number of aryl methyl sites for hydroxylation is 2. The molecule has 0 atom stereocenters. The maximum atomic E-state index is 12.2. The maximum absolute atomic E-state index is 12.2.